The summed E-state index contributed by atoms with van der Waals surface area (Å²) in [6.07, 6.45) is 1.52. The zero-order chi connectivity index (χ0) is 19.9. The highest BCUT2D eigenvalue weighted by molar-refractivity contribution is 6.31. The predicted molar refractivity (Wildman–Crippen MR) is 111 cm³/mol. The molecule has 7 heteroatoms. The van der Waals surface area contributed by atoms with E-state index in [4.69, 9.17) is 21.1 Å². The number of aromatic nitrogens is 1. The van der Waals surface area contributed by atoms with Crippen molar-refractivity contribution < 1.29 is 14.3 Å². The molecule has 0 fully saturated rings. The number of amides is 1. The van der Waals surface area contributed by atoms with E-state index in [1.54, 1.807) is 37.4 Å². The van der Waals surface area contributed by atoms with Gasteiger partial charge in [-0.15, -0.1) is 0 Å². The second-order valence-corrected chi connectivity index (χ2v) is 6.37. The number of benzene rings is 2. The molecule has 0 unspecified atom stereocenters. The maximum absolute atomic E-state index is 12.5. The van der Waals surface area contributed by atoms with Crippen molar-refractivity contribution in [1.82, 2.24) is 4.98 Å². The van der Waals surface area contributed by atoms with E-state index in [9.17, 15) is 4.79 Å². The number of carbonyl (C=O) groups excluding carboxylic acids is 1. The molecule has 0 aliphatic carbocycles. The molecule has 1 aromatic heterocycles. The molecule has 0 aliphatic heterocycles. The molecule has 2 N–H and O–H groups in total. The standard InChI is InChI=1S/C21H20ClN3O3/c1-27-17-7-3-14(4-8-17)12-23-20-10-5-15(13-24-20)21(26)25-18-11-16(22)6-9-19(18)28-2/h3-11,13H,12H2,1-2H3,(H,23,24)(H,25,26). The number of nitrogens with zero attached hydrogens (tertiary/aromatic N) is 1. The van der Waals surface area contributed by atoms with Crippen LogP contribution in [-0.2, 0) is 6.54 Å². The first-order valence-corrected chi connectivity index (χ1v) is 8.94. The summed E-state index contributed by atoms with van der Waals surface area (Å²) in [6.45, 7) is 0.613. The van der Waals surface area contributed by atoms with Crippen molar-refractivity contribution in [3.05, 3.63) is 76.9 Å². The Balaban J connectivity index is 1.61. The predicted octanol–water partition coefficient (Wildman–Crippen LogP) is 4.62. The summed E-state index contributed by atoms with van der Waals surface area (Å²) in [5.74, 6) is 1.72. The first kappa shape index (κ1) is 19.5. The van der Waals surface area contributed by atoms with Crippen LogP contribution >= 0.6 is 11.6 Å². The molecule has 0 atom stereocenters. The molecule has 0 saturated heterocycles. The monoisotopic (exact) mass is 397 g/mol. The van der Waals surface area contributed by atoms with Gasteiger partial charge in [0.15, 0.2) is 0 Å². The van der Waals surface area contributed by atoms with Crippen molar-refractivity contribution in [3.63, 3.8) is 0 Å². The van der Waals surface area contributed by atoms with Gasteiger partial charge in [0, 0.05) is 17.8 Å². The average molecular weight is 398 g/mol. The first-order chi connectivity index (χ1) is 13.6. The highest BCUT2D eigenvalue weighted by Gasteiger charge is 2.11. The maximum atomic E-state index is 12.5. The largest absolute Gasteiger partial charge is 0.497 e. The second-order valence-electron chi connectivity index (χ2n) is 5.93. The van der Waals surface area contributed by atoms with E-state index in [0.29, 0.717) is 34.4 Å². The van der Waals surface area contributed by atoms with Gasteiger partial charge in [-0.25, -0.2) is 4.98 Å². The smallest absolute Gasteiger partial charge is 0.257 e. The fraction of sp³-hybridized carbons (Fsp3) is 0.143. The molecule has 0 radical (unpaired) electrons. The van der Waals surface area contributed by atoms with Crippen LogP contribution in [-0.4, -0.2) is 25.1 Å². The van der Waals surface area contributed by atoms with Crippen molar-refractivity contribution in [1.29, 1.82) is 0 Å². The van der Waals surface area contributed by atoms with E-state index in [-0.39, 0.29) is 5.91 Å². The Morgan fingerprint density at radius 1 is 1.04 bits per heavy atom. The molecule has 0 spiro atoms. The molecule has 3 rings (SSSR count). The molecule has 0 aliphatic rings. The van der Waals surface area contributed by atoms with Crippen molar-refractivity contribution >= 4 is 29.0 Å². The van der Waals surface area contributed by atoms with Crippen LogP contribution in [0.15, 0.2) is 60.8 Å². The molecule has 0 bridgehead atoms. The Kier molecular flexibility index (Phi) is 6.34. The number of nitrogens with one attached hydrogen (secondary N) is 2. The van der Waals surface area contributed by atoms with Gasteiger partial charge >= 0.3 is 0 Å². The van der Waals surface area contributed by atoms with Gasteiger partial charge in [0.2, 0.25) is 0 Å². The summed E-state index contributed by atoms with van der Waals surface area (Å²) < 4.78 is 10.4. The van der Waals surface area contributed by atoms with Gasteiger partial charge in [-0.2, -0.15) is 0 Å². The lowest BCUT2D eigenvalue weighted by atomic mass is 10.2. The third-order valence-corrected chi connectivity index (χ3v) is 4.30. The van der Waals surface area contributed by atoms with Gasteiger partial charge in [0.1, 0.15) is 17.3 Å². The fourth-order valence-corrected chi connectivity index (χ4v) is 2.71. The number of carbonyl (C=O) groups is 1. The third kappa shape index (κ3) is 4.92. The van der Waals surface area contributed by atoms with Gasteiger partial charge in [-0.3, -0.25) is 4.79 Å². The molecule has 2 aromatic carbocycles. The normalized spacial score (nSPS) is 10.2. The number of ether oxygens (including phenoxy) is 2. The van der Waals surface area contributed by atoms with E-state index in [1.807, 2.05) is 24.3 Å². The van der Waals surface area contributed by atoms with E-state index < -0.39 is 0 Å². The van der Waals surface area contributed by atoms with Gasteiger partial charge in [-0.1, -0.05) is 23.7 Å². The minimum Gasteiger partial charge on any atom is -0.497 e. The summed E-state index contributed by atoms with van der Waals surface area (Å²) in [4.78, 5) is 16.8. The lowest BCUT2D eigenvalue weighted by Gasteiger charge is -2.11. The Morgan fingerprint density at radius 3 is 2.46 bits per heavy atom. The lowest BCUT2D eigenvalue weighted by Crippen LogP contribution is -2.13. The van der Waals surface area contributed by atoms with Crippen LogP contribution in [0.25, 0.3) is 0 Å². The van der Waals surface area contributed by atoms with Gasteiger partial charge in [0.25, 0.3) is 5.91 Å². The number of hydrogen-bond donors (Lipinski definition) is 2. The average Bonchev–Trinajstić information content (AvgIpc) is 2.73. The molecule has 0 saturated carbocycles. The number of anilines is 2. The second kappa shape index (κ2) is 9.10. The van der Waals surface area contributed by atoms with E-state index in [2.05, 4.69) is 15.6 Å². The van der Waals surface area contributed by atoms with Crippen molar-refractivity contribution in [2.45, 2.75) is 6.54 Å². The summed E-state index contributed by atoms with van der Waals surface area (Å²) in [5, 5.41) is 6.51. The van der Waals surface area contributed by atoms with Gasteiger partial charge in [0.05, 0.1) is 25.5 Å². The molecular formula is C21H20ClN3O3. The SMILES string of the molecule is COc1ccc(CNc2ccc(C(=O)Nc3cc(Cl)ccc3OC)cn2)cc1. The summed E-state index contributed by atoms with van der Waals surface area (Å²) >= 11 is 5.99. The third-order valence-electron chi connectivity index (χ3n) is 4.07. The molecule has 1 amide bonds. The zero-order valence-corrected chi connectivity index (χ0v) is 16.3. The van der Waals surface area contributed by atoms with Crippen molar-refractivity contribution in [3.8, 4) is 11.5 Å². The van der Waals surface area contributed by atoms with Crippen LogP contribution in [0.5, 0.6) is 11.5 Å². The number of hydrogen-bond acceptors (Lipinski definition) is 5. The molecule has 28 heavy (non-hydrogen) atoms. The Labute approximate surface area is 168 Å². The minimum atomic E-state index is -0.297. The summed E-state index contributed by atoms with van der Waals surface area (Å²) in [7, 11) is 3.17. The van der Waals surface area contributed by atoms with Crippen LogP contribution in [0, 0.1) is 0 Å². The Morgan fingerprint density at radius 2 is 1.82 bits per heavy atom. The van der Waals surface area contributed by atoms with Crippen LogP contribution in [0.3, 0.4) is 0 Å². The van der Waals surface area contributed by atoms with Gasteiger partial charge < -0.3 is 20.1 Å². The van der Waals surface area contributed by atoms with Crippen LogP contribution in [0.4, 0.5) is 11.5 Å². The van der Waals surface area contributed by atoms with Crippen LogP contribution in [0.2, 0.25) is 5.02 Å². The van der Waals surface area contributed by atoms with E-state index in [0.717, 1.165) is 11.3 Å². The zero-order valence-electron chi connectivity index (χ0n) is 15.5. The topological polar surface area (TPSA) is 72.5 Å². The first-order valence-electron chi connectivity index (χ1n) is 8.57. The lowest BCUT2D eigenvalue weighted by molar-refractivity contribution is 0.102. The summed E-state index contributed by atoms with van der Waals surface area (Å²) in [5.41, 5.74) is 2.02. The maximum Gasteiger partial charge on any atom is 0.257 e. The fourth-order valence-electron chi connectivity index (χ4n) is 2.54. The van der Waals surface area contributed by atoms with E-state index in [1.165, 1.54) is 13.3 Å². The minimum absolute atomic E-state index is 0.297. The van der Waals surface area contributed by atoms with Crippen molar-refractivity contribution in [2.75, 3.05) is 24.9 Å². The van der Waals surface area contributed by atoms with Gasteiger partial charge in [-0.05, 0) is 48.0 Å². The van der Waals surface area contributed by atoms with Crippen LogP contribution in [0.1, 0.15) is 15.9 Å². The molecule has 1 heterocycles. The highest BCUT2D eigenvalue weighted by Crippen LogP contribution is 2.28. The Hall–Kier alpha value is -3.25. The number of pyridine rings is 1. The van der Waals surface area contributed by atoms with Crippen LogP contribution < -0.4 is 20.1 Å². The van der Waals surface area contributed by atoms with Crippen molar-refractivity contribution in [2.24, 2.45) is 0 Å². The summed E-state index contributed by atoms with van der Waals surface area (Å²) in [6, 6.07) is 16.3. The number of methoxy groups -OCH3 is 2. The molecule has 144 valence electrons. The quantitative estimate of drug-likeness (QED) is 0.608. The molecule has 6 nitrogen and oxygen atoms in total. The number of halogens is 1. The number of rotatable bonds is 7. The van der Waals surface area contributed by atoms with E-state index >= 15 is 0 Å². The Bertz CT molecular complexity index is 944. The molecular weight excluding hydrogens is 378 g/mol. The molecule has 3 aromatic rings. The highest BCUT2D eigenvalue weighted by atomic mass is 35.5.